The van der Waals surface area contributed by atoms with Crippen molar-refractivity contribution in [3.05, 3.63) is 65.4 Å². The summed E-state index contributed by atoms with van der Waals surface area (Å²) in [6.45, 7) is 4.80. The Morgan fingerprint density at radius 3 is 2.25 bits per heavy atom. The lowest BCUT2D eigenvalue weighted by atomic mass is 9.86. The fourth-order valence-electron chi connectivity index (χ4n) is 3.64. The highest BCUT2D eigenvalue weighted by Gasteiger charge is 2.34. The van der Waals surface area contributed by atoms with E-state index in [-0.39, 0.29) is 31.0 Å². The Morgan fingerprint density at radius 2 is 1.67 bits per heavy atom. The minimum atomic E-state index is -4.51. The second-order valence-electron chi connectivity index (χ2n) is 9.31. The maximum absolute atomic E-state index is 13.2. The molecule has 0 bridgehead atoms. The number of para-hydroxylation sites is 1. The van der Waals surface area contributed by atoms with Gasteiger partial charge in [0.1, 0.15) is 12.6 Å². The number of hydrogen-bond donors (Lipinski definition) is 3. The number of rotatable bonds is 8. The van der Waals surface area contributed by atoms with E-state index in [4.69, 9.17) is 5.11 Å². The highest BCUT2D eigenvalue weighted by atomic mass is 19.4. The number of aliphatic hydroxyl groups excluding tert-OH is 1. The van der Waals surface area contributed by atoms with Crippen LogP contribution in [0.4, 0.5) is 13.2 Å². The second kappa shape index (κ2) is 10.5. The predicted molar refractivity (Wildman–Crippen MR) is 126 cm³/mol. The van der Waals surface area contributed by atoms with E-state index in [9.17, 15) is 27.6 Å². The predicted octanol–water partition coefficient (Wildman–Crippen LogP) is 3.19. The van der Waals surface area contributed by atoms with Gasteiger partial charge >= 0.3 is 6.18 Å². The molecular weight excluding hydrogens is 477 g/mol. The smallest absolute Gasteiger partial charge is 0.395 e. The number of nitrogens with zero attached hydrogens (tertiary/aromatic N) is 2. The van der Waals surface area contributed by atoms with Gasteiger partial charge in [0.25, 0.3) is 5.91 Å². The zero-order chi connectivity index (χ0) is 26.7. The van der Waals surface area contributed by atoms with Crippen molar-refractivity contribution in [2.75, 3.05) is 13.2 Å². The zero-order valence-corrected chi connectivity index (χ0v) is 20.0. The Kier molecular flexibility index (Phi) is 7.83. The van der Waals surface area contributed by atoms with E-state index >= 15 is 0 Å². The summed E-state index contributed by atoms with van der Waals surface area (Å²) in [6.07, 6.45) is -4.51. The molecule has 3 N–H and O–H groups in total. The number of carbonyl (C=O) groups excluding carboxylic acids is 3. The molecule has 1 atom stereocenters. The maximum Gasteiger partial charge on any atom is 0.416 e. The molecule has 1 heterocycles. The first-order valence-electron chi connectivity index (χ1n) is 11.2. The van der Waals surface area contributed by atoms with Crippen LogP contribution in [0.25, 0.3) is 10.9 Å². The minimum Gasteiger partial charge on any atom is -0.395 e. The fourth-order valence-corrected chi connectivity index (χ4v) is 3.64. The molecule has 0 fully saturated rings. The first-order valence-corrected chi connectivity index (χ1v) is 11.2. The van der Waals surface area contributed by atoms with Crippen LogP contribution in [-0.2, 0) is 17.5 Å². The lowest BCUT2D eigenvalue weighted by Gasteiger charge is -2.30. The molecule has 1 aromatic heterocycles. The van der Waals surface area contributed by atoms with Crippen molar-refractivity contribution >= 4 is 28.5 Å². The number of benzene rings is 2. The highest BCUT2D eigenvalue weighted by Crippen LogP contribution is 2.29. The van der Waals surface area contributed by atoms with E-state index in [2.05, 4.69) is 15.7 Å². The topological polar surface area (TPSA) is 113 Å². The summed E-state index contributed by atoms with van der Waals surface area (Å²) in [5.74, 6) is -1.59. The lowest BCUT2D eigenvalue weighted by molar-refractivity contribution is -0.137. The third-order valence-corrected chi connectivity index (χ3v) is 5.52. The highest BCUT2D eigenvalue weighted by molar-refractivity contribution is 6.06. The van der Waals surface area contributed by atoms with Crippen LogP contribution in [0.1, 0.15) is 47.2 Å². The van der Waals surface area contributed by atoms with Crippen LogP contribution in [0, 0.1) is 5.41 Å². The SMILES string of the molecule is CC(C)(C)C(NC(=O)c1nn(CC(=O)c2ccc(C(F)(F)F)cc2)c2ccccc12)C(=O)NCCO. The molecule has 0 aliphatic heterocycles. The third-order valence-electron chi connectivity index (χ3n) is 5.52. The van der Waals surface area contributed by atoms with Crippen molar-refractivity contribution < 1.29 is 32.7 Å². The van der Waals surface area contributed by atoms with Gasteiger partial charge in [-0.15, -0.1) is 0 Å². The van der Waals surface area contributed by atoms with Gasteiger partial charge in [-0.1, -0.05) is 51.1 Å². The van der Waals surface area contributed by atoms with Crippen molar-refractivity contribution in [2.24, 2.45) is 5.41 Å². The maximum atomic E-state index is 13.2. The van der Waals surface area contributed by atoms with Crippen LogP contribution in [0.15, 0.2) is 48.5 Å². The van der Waals surface area contributed by atoms with E-state index in [1.807, 2.05) is 0 Å². The zero-order valence-electron chi connectivity index (χ0n) is 20.0. The number of fused-ring (bicyclic) bond motifs is 1. The van der Waals surface area contributed by atoms with E-state index < -0.39 is 40.8 Å². The van der Waals surface area contributed by atoms with Gasteiger partial charge in [0.05, 0.1) is 17.7 Å². The second-order valence-corrected chi connectivity index (χ2v) is 9.31. The quantitative estimate of drug-likeness (QED) is 0.408. The number of carbonyl (C=O) groups is 3. The van der Waals surface area contributed by atoms with E-state index in [0.29, 0.717) is 10.9 Å². The van der Waals surface area contributed by atoms with Gasteiger partial charge in [0.2, 0.25) is 5.91 Å². The average molecular weight is 505 g/mol. The minimum absolute atomic E-state index is 0.00460. The molecule has 8 nitrogen and oxygen atoms in total. The van der Waals surface area contributed by atoms with Gasteiger partial charge in [-0.05, 0) is 23.6 Å². The Hall–Kier alpha value is -3.73. The molecule has 2 amide bonds. The normalized spacial score (nSPS) is 12.9. The number of Topliss-reactive ketones (excluding diaryl/α,β-unsaturated/α-hetero) is 1. The van der Waals surface area contributed by atoms with Gasteiger partial charge < -0.3 is 15.7 Å². The molecule has 192 valence electrons. The van der Waals surface area contributed by atoms with Crippen molar-refractivity contribution in [3.63, 3.8) is 0 Å². The van der Waals surface area contributed by atoms with Crippen LogP contribution in [0.5, 0.6) is 0 Å². The molecule has 2 aromatic carbocycles. The number of aromatic nitrogens is 2. The Labute approximate surface area is 205 Å². The van der Waals surface area contributed by atoms with Gasteiger partial charge in [-0.3, -0.25) is 19.1 Å². The molecule has 0 aliphatic carbocycles. The van der Waals surface area contributed by atoms with Gasteiger partial charge in [-0.2, -0.15) is 18.3 Å². The molecule has 0 saturated carbocycles. The number of aliphatic hydroxyl groups is 1. The number of halogens is 3. The van der Waals surface area contributed by atoms with Crippen molar-refractivity contribution in [1.82, 2.24) is 20.4 Å². The van der Waals surface area contributed by atoms with Crippen molar-refractivity contribution in [2.45, 2.75) is 39.5 Å². The molecule has 0 spiro atoms. The van der Waals surface area contributed by atoms with Crippen molar-refractivity contribution in [1.29, 1.82) is 0 Å². The van der Waals surface area contributed by atoms with Gasteiger partial charge in [0.15, 0.2) is 11.5 Å². The molecule has 0 aliphatic rings. The molecule has 0 radical (unpaired) electrons. The third kappa shape index (κ3) is 6.09. The lowest BCUT2D eigenvalue weighted by Crippen LogP contribution is -2.54. The summed E-state index contributed by atoms with van der Waals surface area (Å²) in [5.41, 5.74) is -0.984. The summed E-state index contributed by atoms with van der Waals surface area (Å²) in [7, 11) is 0. The largest absolute Gasteiger partial charge is 0.416 e. The molecule has 0 saturated heterocycles. The first-order chi connectivity index (χ1) is 16.8. The Bertz CT molecular complexity index is 1260. The van der Waals surface area contributed by atoms with Crippen LogP contribution in [0.2, 0.25) is 0 Å². The fraction of sp³-hybridized carbons (Fsp3) is 0.360. The summed E-state index contributed by atoms with van der Waals surface area (Å²) in [6, 6.07) is 9.64. The first kappa shape index (κ1) is 26.9. The standard InChI is InChI=1S/C25H27F3N4O4/c1-24(2,3)21(23(36)29-12-13-33)30-22(35)20-17-6-4-5-7-18(17)32(31-20)14-19(34)15-8-10-16(11-9-15)25(26,27)28/h4-11,21,33H,12-14H2,1-3H3,(H,29,36)(H,30,35). The van der Waals surface area contributed by atoms with Crippen LogP contribution < -0.4 is 10.6 Å². The average Bonchev–Trinajstić information content (AvgIpc) is 3.18. The molecule has 3 aromatic rings. The van der Waals surface area contributed by atoms with Crippen LogP contribution in [-0.4, -0.2) is 51.7 Å². The summed E-state index contributed by atoms with van der Waals surface area (Å²) in [5, 5.41) is 19.0. The van der Waals surface area contributed by atoms with Crippen LogP contribution in [0.3, 0.4) is 0 Å². The summed E-state index contributed by atoms with van der Waals surface area (Å²) < 4.78 is 39.8. The molecule has 1 unspecified atom stereocenters. The number of hydrogen-bond acceptors (Lipinski definition) is 5. The Balaban J connectivity index is 1.88. The van der Waals surface area contributed by atoms with Gasteiger partial charge in [-0.25, -0.2) is 0 Å². The molecular formula is C25H27F3N4O4. The Morgan fingerprint density at radius 1 is 1.03 bits per heavy atom. The van der Waals surface area contributed by atoms with Gasteiger partial charge in [0, 0.05) is 17.5 Å². The monoisotopic (exact) mass is 504 g/mol. The number of amides is 2. The molecule has 11 heteroatoms. The van der Waals surface area contributed by atoms with Crippen molar-refractivity contribution in [3.8, 4) is 0 Å². The summed E-state index contributed by atoms with van der Waals surface area (Å²) >= 11 is 0. The van der Waals surface area contributed by atoms with E-state index in [0.717, 1.165) is 24.3 Å². The van der Waals surface area contributed by atoms with E-state index in [1.54, 1.807) is 45.0 Å². The molecule has 36 heavy (non-hydrogen) atoms. The number of nitrogens with one attached hydrogen (secondary N) is 2. The van der Waals surface area contributed by atoms with E-state index in [1.165, 1.54) is 4.68 Å². The molecule has 3 rings (SSSR count). The summed E-state index contributed by atoms with van der Waals surface area (Å²) in [4.78, 5) is 38.6. The number of alkyl halides is 3. The van der Waals surface area contributed by atoms with Crippen LogP contribution >= 0.6 is 0 Å². The number of ketones is 1.